The van der Waals surface area contributed by atoms with Gasteiger partial charge in [0.2, 0.25) is 0 Å². The number of hydrogen-bond acceptors (Lipinski definition) is 5. The standard InChI is InChI=1S/C20H20N2O5/c1-13-6-4-9-18(14(13)2)21-20(24)15(3)27-19(23)11-10-16-7-5-8-17(12-16)22(25)26/h4-12,15H,1-3H3,(H,21,24). The number of carbonyl (C=O) groups excluding carboxylic acids is 2. The van der Waals surface area contributed by atoms with Crippen molar-refractivity contribution in [3.05, 3.63) is 75.3 Å². The maximum Gasteiger partial charge on any atom is 0.331 e. The zero-order valence-corrected chi connectivity index (χ0v) is 15.3. The maximum atomic E-state index is 12.2. The second kappa shape index (κ2) is 8.75. The van der Waals surface area contributed by atoms with E-state index in [1.54, 1.807) is 12.1 Å². The topological polar surface area (TPSA) is 98.5 Å². The summed E-state index contributed by atoms with van der Waals surface area (Å²) in [7, 11) is 0. The van der Waals surface area contributed by atoms with Gasteiger partial charge in [-0.2, -0.15) is 0 Å². The molecule has 27 heavy (non-hydrogen) atoms. The van der Waals surface area contributed by atoms with Crippen LogP contribution in [-0.4, -0.2) is 22.9 Å². The van der Waals surface area contributed by atoms with E-state index in [0.717, 1.165) is 17.2 Å². The highest BCUT2D eigenvalue weighted by Crippen LogP contribution is 2.18. The Hall–Kier alpha value is -3.48. The third-order valence-corrected chi connectivity index (χ3v) is 4.02. The average Bonchev–Trinajstić information content (AvgIpc) is 2.64. The number of non-ortho nitro benzene ring substituents is 1. The number of aryl methyl sites for hydroxylation is 1. The molecule has 1 N–H and O–H groups in total. The highest BCUT2D eigenvalue weighted by Gasteiger charge is 2.17. The molecule has 140 valence electrons. The number of anilines is 1. The smallest absolute Gasteiger partial charge is 0.331 e. The number of amides is 1. The quantitative estimate of drug-likeness (QED) is 0.362. The van der Waals surface area contributed by atoms with Crippen molar-refractivity contribution in [2.75, 3.05) is 5.32 Å². The van der Waals surface area contributed by atoms with Gasteiger partial charge in [-0.05, 0) is 49.6 Å². The number of nitrogens with zero attached hydrogens (tertiary/aromatic N) is 1. The number of benzene rings is 2. The van der Waals surface area contributed by atoms with E-state index in [9.17, 15) is 19.7 Å². The van der Waals surface area contributed by atoms with Crippen LogP contribution in [0.3, 0.4) is 0 Å². The molecule has 0 spiro atoms. The lowest BCUT2D eigenvalue weighted by Gasteiger charge is -2.14. The molecule has 2 rings (SSSR count). The van der Waals surface area contributed by atoms with Crippen LogP contribution in [0, 0.1) is 24.0 Å². The van der Waals surface area contributed by atoms with Gasteiger partial charge >= 0.3 is 5.97 Å². The fourth-order valence-electron chi connectivity index (χ4n) is 2.29. The Kier molecular flexibility index (Phi) is 6.43. The zero-order chi connectivity index (χ0) is 20.0. The lowest BCUT2D eigenvalue weighted by Crippen LogP contribution is -2.29. The average molecular weight is 368 g/mol. The second-order valence-corrected chi connectivity index (χ2v) is 6.00. The van der Waals surface area contributed by atoms with Crippen LogP contribution in [-0.2, 0) is 14.3 Å². The van der Waals surface area contributed by atoms with Crippen molar-refractivity contribution in [1.82, 2.24) is 0 Å². The first kappa shape index (κ1) is 19.8. The van der Waals surface area contributed by atoms with E-state index in [2.05, 4.69) is 5.32 Å². The molecule has 0 saturated carbocycles. The molecule has 1 amide bonds. The molecule has 0 aliphatic heterocycles. The van der Waals surface area contributed by atoms with Gasteiger partial charge in [0.1, 0.15) is 0 Å². The first-order chi connectivity index (χ1) is 12.8. The number of hydrogen-bond donors (Lipinski definition) is 1. The SMILES string of the molecule is Cc1cccc(NC(=O)C(C)OC(=O)C=Cc2cccc([N+](=O)[O-])c2)c1C. The minimum absolute atomic E-state index is 0.0770. The molecule has 0 aliphatic carbocycles. The first-order valence-electron chi connectivity index (χ1n) is 8.28. The maximum absolute atomic E-state index is 12.2. The summed E-state index contributed by atoms with van der Waals surface area (Å²) in [6, 6.07) is 11.4. The van der Waals surface area contributed by atoms with Crippen molar-refractivity contribution in [2.45, 2.75) is 26.9 Å². The Morgan fingerprint density at radius 2 is 1.89 bits per heavy atom. The largest absolute Gasteiger partial charge is 0.449 e. The molecule has 0 radical (unpaired) electrons. The summed E-state index contributed by atoms with van der Waals surface area (Å²) < 4.78 is 5.08. The predicted molar refractivity (Wildman–Crippen MR) is 102 cm³/mol. The first-order valence-corrected chi connectivity index (χ1v) is 8.28. The van der Waals surface area contributed by atoms with E-state index in [4.69, 9.17) is 4.74 Å². The van der Waals surface area contributed by atoms with Crippen molar-refractivity contribution in [1.29, 1.82) is 0 Å². The second-order valence-electron chi connectivity index (χ2n) is 6.00. The van der Waals surface area contributed by atoms with Crippen LogP contribution in [0.1, 0.15) is 23.6 Å². The molecule has 0 saturated heterocycles. The molecular formula is C20H20N2O5. The van der Waals surface area contributed by atoms with Crippen molar-refractivity contribution in [2.24, 2.45) is 0 Å². The van der Waals surface area contributed by atoms with E-state index < -0.39 is 22.9 Å². The molecule has 7 nitrogen and oxygen atoms in total. The van der Waals surface area contributed by atoms with E-state index in [0.29, 0.717) is 11.3 Å². The fourth-order valence-corrected chi connectivity index (χ4v) is 2.29. The van der Waals surface area contributed by atoms with Gasteiger partial charge in [-0.25, -0.2) is 4.79 Å². The van der Waals surface area contributed by atoms with E-state index >= 15 is 0 Å². The van der Waals surface area contributed by atoms with Crippen LogP contribution < -0.4 is 5.32 Å². The number of nitro benzene ring substituents is 1. The molecule has 0 aromatic heterocycles. The van der Waals surface area contributed by atoms with Crippen LogP contribution >= 0.6 is 0 Å². The van der Waals surface area contributed by atoms with Gasteiger partial charge < -0.3 is 10.1 Å². The Morgan fingerprint density at radius 3 is 2.59 bits per heavy atom. The van der Waals surface area contributed by atoms with Crippen LogP contribution in [0.5, 0.6) is 0 Å². The lowest BCUT2D eigenvalue weighted by atomic mass is 10.1. The summed E-state index contributed by atoms with van der Waals surface area (Å²) in [5.41, 5.74) is 3.04. The van der Waals surface area contributed by atoms with Gasteiger partial charge in [-0.15, -0.1) is 0 Å². The molecule has 0 bridgehead atoms. The molecule has 2 aromatic rings. The van der Waals surface area contributed by atoms with Crippen molar-refractivity contribution in [3.63, 3.8) is 0 Å². The van der Waals surface area contributed by atoms with Crippen molar-refractivity contribution >= 4 is 29.3 Å². The molecule has 2 aromatic carbocycles. The third kappa shape index (κ3) is 5.50. The predicted octanol–water partition coefficient (Wildman–Crippen LogP) is 3.80. The van der Waals surface area contributed by atoms with E-state index in [-0.39, 0.29) is 5.69 Å². The Morgan fingerprint density at radius 1 is 1.19 bits per heavy atom. The van der Waals surface area contributed by atoms with Crippen LogP contribution in [0.15, 0.2) is 48.5 Å². The van der Waals surface area contributed by atoms with Crippen LogP contribution in [0.4, 0.5) is 11.4 Å². The monoisotopic (exact) mass is 368 g/mol. The van der Waals surface area contributed by atoms with Crippen LogP contribution in [0.2, 0.25) is 0 Å². The highest BCUT2D eigenvalue weighted by atomic mass is 16.6. The molecule has 1 atom stereocenters. The third-order valence-electron chi connectivity index (χ3n) is 4.02. The van der Waals surface area contributed by atoms with Gasteiger partial charge in [-0.1, -0.05) is 24.3 Å². The van der Waals surface area contributed by atoms with Gasteiger partial charge in [0, 0.05) is 23.9 Å². The van der Waals surface area contributed by atoms with Gasteiger partial charge in [0.25, 0.3) is 11.6 Å². The van der Waals surface area contributed by atoms with E-state index in [1.807, 2.05) is 26.0 Å². The summed E-state index contributed by atoms with van der Waals surface area (Å²) in [4.78, 5) is 34.4. The Labute approximate surface area is 156 Å². The molecule has 1 unspecified atom stereocenters. The molecule has 0 aliphatic rings. The highest BCUT2D eigenvalue weighted by molar-refractivity contribution is 5.97. The normalized spacial score (nSPS) is 11.8. The summed E-state index contributed by atoms with van der Waals surface area (Å²) in [5, 5.41) is 13.5. The van der Waals surface area contributed by atoms with Gasteiger partial charge in [0.05, 0.1) is 4.92 Å². The summed E-state index contributed by atoms with van der Waals surface area (Å²) >= 11 is 0. The number of rotatable bonds is 6. The molecular weight excluding hydrogens is 348 g/mol. The molecule has 0 fully saturated rings. The van der Waals surface area contributed by atoms with Gasteiger partial charge in [0.15, 0.2) is 6.10 Å². The van der Waals surface area contributed by atoms with Gasteiger partial charge in [-0.3, -0.25) is 14.9 Å². The van der Waals surface area contributed by atoms with Crippen molar-refractivity contribution in [3.8, 4) is 0 Å². The zero-order valence-electron chi connectivity index (χ0n) is 15.3. The van der Waals surface area contributed by atoms with Crippen LogP contribution in [0.25, 0.3) is 6.08 Å². The summed E-state index contributed by atoms with van der Waals surface area (Å²) in [6.07, 6.45) is 1.53. The summed E-state index contributed by atoms with van der Waals surface area (Å²) in [6.45, 7) is 5.30. The number of ether oxygens (including phenoxy) is 1. The molecule has 7 heteroatoms. The minimum atomic E-state index is -0.993. The van der Waals surface area contributed by atoms with E-state index in [1.165, 1.54) is 31.2 Å². The Balaban J connectivity index is 1.96. The summed E-state index contributed by atoms with van der Waals surface area (Å²) in [5.74, 6) is -1.16. The number of nitro groups is 1. The Bertz CT molecular complexity index is 905. The fraction of sp³-hybridized carbons (Fsp3) is 0.200. The number of nitrogens with one attached hydrogen (secondary N) is 1. The lowest BCUT2D eigenvalue weighted by molar-refractivity contribution is -0.384. The van der Waals surface area contributed by atoms with Crippen molar-refractivity contribution < 1.29 is 19.2 Å². The minimum Gasteiger partial charge on any atom is -0.449 e. The number of carbonyl (C=O) groups is 2. The molecule has 0 heterocycles. The number of esters is 1.